The molecule has 154 valence electrons. The molecule has 0 atom stereocenters. The Morgan fingerprint density at radius 3 is 2.80 bits per heavy atom. The predicted molar refractivity (Wildman–Crippen MR) is 107 cm³/mol. The van der Waals surface area contributed by atoms with Crippen LogP contribution in [-0.2, 0) is 0 Å². The maximum absolute atomic E-state index is 14.4. The zero-order chi connectivity index (χ0) is 20.8. The van der Waals surface area contributed by atoms with Crippen molar-refractivity contribution in [3.8, 4) is 11.3 Å². The van der Waals surface area contributed by atoms with Crippen LogP contribution in [0.25, 0.3) is 16.9 Å². The van der Waals surface area contributed by atoms with Crippen LogP contribution in [-0.4, -0.2) is 35.9 Å². The van der Waals surface area contributed by atoms with Crippen LogP contribution in [0.3, 0.4) is 0 Å². The summed E-state index contributed by atoms with van der Waals surface area (Å²) in [4.78, 5) is 8.78. The highest BCUT2D eigenvalue weighted by Gasteiger charge is 2.30. The van der Waals surface area contributed by atoms with Crippen molar-refractivity contribution in [3.63, 3.8) is 0 Å². The number of aliphatic hydroxyl groups excluding tert-OH is 1. The van der Waals surface area contributed by atoms with Gasteiger partial charge in [-0.2, -0.15) is 5.10 Å². The number of hydrogen-bond acceptors (Lipinski definition) is 5. The average molecular weight is 410 g/mol. The lowest BCUT2D eigenvalue weighted by atomic mass is 9.81. The number of nitrogens with zero attached hydrogens (tertiary/aromatic N) is 5. The molecule has 7 nitrogen and oxygen atoms in total. The van der Waals surface area contributed by atoms with Crippen molar-refractivity contribution in [3.05, 3.63) is 60.3 Å². The van der Waals surface area contributed by atoms with E-state index in [1.807, 2.05) is 10.9 Å². The SMILES string of the molecule is Cc1cc(-c2cnc(Nc3cnn(C4CC(CO)C4)c3)c3nccn23)c(F)cc1F. The smallest absolute Gasteiger partial charge is 0.180 e. The van der Waals surface area contributed by atoms with Crippen molar-refractivity contribution >= 4 is 17.2 Å². The number of halogens is 2. The van der Waals surface area contributed by atoms with E-state index in [9.17, 15) is 13.9 Å². The van der Waals surface area contributed by atoms with Crippen LogP contribution in [0.5, 0.6) is 0 Å². The van der Waals surface area contributed by atoms with Crippen LogP contribution in [0, 0.1) is 24.5 Å². The third-order valence-corrected chi connectivity index (χ3v) is 5.66. The molecule has 5 rings (SSSR count). The van der Waals surface area contributed by atoms with Crippen LogP contribution in [0.1, 0.15) is 24.4 Å². The summed E-state index contributed by atoms with van der Waals surface area (Å²) in [6.07, 6.45) is 10.3. The molecule has 0 bridgehead atoms. The van der Waals surface area contributed by atoms with Crippen molar-refractivity contribution in [1.82, 2.24) is 24.1 Å². The Kier molecular flexibility index (Phi) is 4.47. The summed E-state index contributed by atoms with van der Waals surface area (Å²) in [7, 11) is 0. The number of rotatable bonds is 5. The molecule has 1 aliphatic carbocycles. The minimum absolute atomic E-state index is 0.213. The number of fused-ring (bicyclic) bond motifs is 1. The topological polar surface area (TPSA) is 80.3 Å². The fourth-order valence-electron chi connectivity index (χ4n) is 3.86. The second-order valence-electron chi connectivity index (χ2n) is 7.70. The molecule has 1 aromatic carbocycles. The molecule has 0 spiro atoms. The molecular formula is C21H20F2N6O. The second kappa shape index (κ2) is 7.17. The summed E-state index contributed by atoms with van der Waals surface area (Å²) >= 11 is 0. The molecule has 2 N–H and O–H groups in total. The first-order chi connectivity index (χ1) is 14.5. The summed E-state index contributed by atoms with van der Waals surface area (Å²) in [6.45, 7) is 1.81. The summed E-state index contributed by atoms with van der Waals surface area (Å²) in [5.74, 6) is -0.383. The molecule has 0 saturated heterocycles. The minimum atomic E-state index is -0.654. The second-order valence-corrected chi connectivity index (χ2v) is 7.70. The van der Waals surface area contributed by atoms with Crippen molar-refractivity contribution in [2.24, 2.45) is 5.92 Å². The van der Waals surface area contributed by atoms with Crippen LogP contribution in [0.4, 0.5) is 20.3 Å². The molecule has 4 aromatic rings. The van der Waals surface area contributed by atoms with E-state index < -0.39 is 11.6 Å². The zero-order valence-electron chi connectivity index (χ0n) is 16.3. The number of benzene rings is 1. The highest BCUT2D eigenvalue weighted by molar-refractivity contribution is 5.74. The molecule has 9 heteroatoms. The van der Waals surface area contributed by atoms with Gasteiger partial charge in [-0.15, -0.1) is 0 Å². The van der Waals surface area contributed by atoms with E-state index >= 15 is 0 Å². The number of hydrogen-bond donors (Lipinski definition) is 2. The number of imidazole rings is 1. The molecule has 1 aliphatic rings. The van der Waals surface area contributed by atoms with Crippen molar-refractivity contribution in [2.45, 2.75) is 25.8 Å². The Morgan fingerprint density at radius 2 is 2.00 bits per heavy atom. The average Bonchev–Trinajstić information content (AvgIpc) is 3.35. The first-order valence-electron chi connectivity index (χ1n) is 9.73. The molecule has 0 radical (unpaired) electrons. The molecule has 30 heavy (non-hydrogen) atoms. The lowest BCUT2D eigenvalue weighted by Gasteiger charge is -2.33. The summed E-state index contributed by atoms with van der Waals surface area (Å²) in [5, 5.41) is 16.8. The maximum atomic E-state index is 14.4. The van der Waals surface area contributed by atoms with Crippen LogP contribution in [0.15, 0.2) is 43.1 Å². The summed E-state index contributed by atoms with van der Waals surface area (Å²) in [5.41, 5.74) is 2.37. The number of aliphatic hydroxyl groups is 1. The standard InChI is InChI=1S/C21H20F2N6O/c1-12-4-16(18(23)7-17(12)22)19-9-25-20(21-24-2-3-28(19)21)27-14-8-26-29(10-14)15-5-13(6-15)11-30/h2-4,7-10,13,15,30H,5-6,11H2,1H3,(H,25,27). The van der Waals surface area contributed by atoms with Gasteiger partial charge in [0.05, 0.1) is 29.8 Å². The fraction of sp³-hybridized carbons (Fsp3) is 0.286. The normalized spacial score (nSPS) is 18.5. The number of nitrogens with one attached hydrogen (secondary N) is 1. The Morgan fingerprint density at radius 1 is 1.17 bits per heavy atom. The summed E-state index contributed by atoms with van der Waals surface area (Å²) in [6, 6.07) is 2.65. The number of aryl methyl sites for hydroxylation is 1. The van der Waals surface area contributed by atoms with Gasteiger partial charge in [0.1, 0.15) is 11.6 Å². The van der Waals surface area contributed by atoms with Gasteiger partial charge in [0, 0.05) is 36.8 Å². The Balaban J connectivity index is 1.45. The highest BCUT2D eigenvalue weighted by Crippen LogP contribution is 2.37. The predicted octanol–water partition coefficient (Wildman–Crippen LogP) is 3.87. The van der Waals surface area contributed by atoms with Crippen molar-refractivity contribution in [1.29, 1.82) is 0 Å². The minimum Gasteiger partial charge on any atom is -0.396 e. The molecule has 0 aliphatic heterocycles. The Hall–Kier alpha value is -3.33. The molecule has 1 saturated carbocycles. The number of aromatic nitrogens is 5. The van der Waals surface area contributed by atoms with E-state index in [0.717, 1.165) is 24.6 Å². The van der Waals surface area contributed by atoms with E-state index in [0.29, 0.717) is 34.7 Å². The molecule has 3 heterocycles. The first kappa shape index (κ1) is 18.7. The van der Waals surface area contributed by atoms with Crippen LogP contribution < -0.4 is 5.32 Å². The van der Waals surface area contributed by atoms with Crippen LogP contribution in [0.2, 0.25) is 0 Å². The lowest BCUT2D eigenvalue weighted by molar-refractivity contribution is 0.105. The van der Waals surface area contributed by atoms with E-state index in [1.54, 1.807) is 29.9 Å². The maximum Gasteiger partial charge on any atom is 0.180 e. The van der Waals surface area contributed by atoms with E-state index in [-0.39, 0.29) is 12.2 Å². The number of anilines is 2. The van der Waals surface area contributed by atoms with Gasteiger partial charge in [-0.1, -0.05) is 0 Å². The zero-order valence-corrected chi connectivity index (χ0v) is 16.3. The third kappa shape index (κ3) is 3.11. The van der Waals surface area contributed by atoms with E-state index in [1.165, 1.54) is 12.3 Å². The highest BCUT2D eigenvalue weighted by atomic mass is 19.1. The van der Waals surface area contributed by atoms with Crippen molar-refractivity contribution in [2.75, 3.05) is 11.9 Å². The monoisotopic (exact) mass is 410 g/mol. The van der Waals surface area contributed by atoms with E-state index in [4.69, 9.17) is 0 Å². The molecule has 3 aromatic heterocycles. The quantitative estimate of drug-likeness (QED) is 0.522. The van der Waals surface area contributed by atoms with Crippen LogP contribution >= 0.6 is 0 Å². The van der Waals surface area contributed by atoms with Gasteiger partial charge >= 0.3 is 0 Å². The van der Waals surface area contributed by atoms with Gasteiger partial charge in [0.15, 0.2) is 11.5 Å². The Bertz CT molecular complexity index is 1230. The van der Waals surface area contributed by atoms with Gasteiger partial charge in [-0.05, 0) is 37.3 Å². The molecule has 0 amide bonds. The first-order valence-corrected chi connectivity index (χ1v) is 9.73. The molecule has 0 unspecified atom stereocenters. The van der Waals surface area contributed by atoms with Gasteiger partial charge in [-0.25, -0.2) is 18.7 Å². The van der Waals surface area contributed by atoms with Gasteiger partial charge in [0.25, 0.3) is 0 Å². The van der Waals surface area contributed by atoms with Gasteiger partial charge in [-0.3, -0.25) is 9.08 Å². The largest absolute Gasteiger partial charge is 0.396 e. The fourth-order valence-corrected chi connectivity index (χ4v) is 3.86. The molecule has 1 fully saturated rings. The lowest BCUT2D eigenvalue weighted by Crippen LogP contribution is -2.29. The van der Waals surface area contributed by atoms with E-state index in [2.05, 4.69) is 20.4 Å². The Labute approximate surface area is 171 Å². The van der Waals surface area contributed by atoms with Crippen molar-refractivity contribution < 1.29 is 13.9 Å². The van der Waals surface area contributed by atoms with Gasteiger partial charge in [0.2, 0.25) is 0 Å². The summed E-state index contributed by atoms with van der Waals surface area (Å²) < 4.78 is 31.7. The third-order valence-electron chi connectivity index (χ3n) is 5.66. The van der Waals surface area contributed by atoms with Gasteiger partial charge < -0.3 is 10.4 Å². The molecular weight excluding hydrogens is 390 g/mol.